The van der Waals surface area contributed by atoms with E-state index in [4.69, 9.17) is 15.2 Å². The molecule has 1 aromatic rings. The molecule has 2 rings (SSSR count). The second-order valence-electron chi connectivity index (χ2n) is 5.82. The third-order valence-corrected chi connectivity index (χ3v) is 4.21. The zero-order valence-electron chi connectivity index (χ0n) is 12.8. The maximum Gasteiger partial charge on any atom is 0.123 e. The van der Waals surface area contributed by atoms with Crippen molar-refractivity contribution in [1.82, 2.24) is 4.90 Å². The van der Waals surface area contributed by atoms with E-state index in [9.17, 15) is 0 Å². The monoisotopic (exact) mass is 278 g/mol. The molecule has 0 radical (unpaired) electrons. The van der Waals surface area contributed by atoms with Gasteiger partial charge in [-0.05, 0) is 44.0 Å². The number of piperidine rings is 1. The molecule has 112 valence electrons. The van der Waals surface area contributed by atoms with Crippen LogP contribution >= 0.6 is 0 Å². The minimum Gasteiger partial charge on any atom is -0.496 e. The lowest BCUT2D eigenvalue weighted by atomic mass is 9.94. The molecule has 1 aliphatic heterocycles. The average molecular weight is 278 g/mol. The van der Waals surface area contributed by atoms with Crippen LogP contribution in [0.4, 0.5) is 0 Å². The quantitative estimate of drug-likeness (QED) is 0.896. The highest BCUT2D eigenvalue weighted by molar-refractivity contribution is 5.37. The average Bonchev–Trinajstić information content (AvgIpc) is 2.47. The van der Waals surface area contributed by atoms with Crippen molar-refractivity contribution in [3.05, 3.63) is 29.3 Å². The van der Waals surface area contributed by atoms with Crippen molar-refractivity contribution in [2.75, 3.05) is 27.3 Å². The zero-order chi connectivity index (χ0) is 14.6. The van der Waals surface area contributed by atoms with Gasteiger partial charge in [-0.3, -0.25) is 4.90 Å². The number of hydrogen-bond acceptors (Lipinski definition) is 4. The van der Waals surface area contributed by atoms with E-state index in [0.29, 0.717) is 6.54 Å². The Hall–Kier alpha value is -1.10. The number of hydrogen-bond donors (Lipinski definition) is 1. The lowest BCUT2D eigenvalue weighted by molar-refractivity contribution is -0.0528. The summed E-state index contributed by atoms with van der Waals surface area (Å²) in [6.07, 6.45) is 2.29. The summed E-state index contributed by atoms with van der Waals surface area (Å²) in [5.74, 6) is 0.937. The summed E-state index contributed by atoms with van der Waals surface area (Å²) in [5, 5.41) is 0. The van der Waals surface area contributed by atoms with Gasteiger partial charge in [0.2, 0.25) is 0 Å². The highest BCUT2D eigenvalue weighted by atomic mass is 16.5. The third kappa shape index (κ3) is 3.51. The minimum absolute atomic E-state index is 0.0308. The number of likely N-dealkylation sites (tertiary alicyclic amines) is 1. The number of methoxy groups -OCH3 is 2. The van der Waals surface area contributed by atoms with Crippen molar-refractivity contribution < 1.29 is 9.47 Å². The first-order valence-corrected chi connectivity index (χ1v) is 7.23. The van der Waals surface area contributed by atoms with Gasteiger partial charge in [0.1, 0.15) is 5.75 Å². The Bertz CT molecular complexity index is 450. The number of ether oxygens (including phenoxy) is 2. The zero-order valence-corrected chi connectivity index (χ0v) is 12.8. The Balaban J connectivity index is 2.12. The number of benzene rings is 1. The maximum atomic E-state index is 5.73. The van der Waals surface area contributed by atoms with E-state index in [1.807, 2.05) is 12.1 Å². The molecule has 4 heteroatoms. The van der Waals surface area contributed by atoms with E-state index in [0.717, 1.165) is 37.4 Å². The van der Waals surface area contributed by atoms with Crippen LogP contribution in [0.1, 0.15) is 30.9 Å². The summed E-state index contributed by atoms with van der Waals surface area (Å²) in [6, 6.07) is 6.19. The molecule has 0 spiro atoms. The molecule has 1 saturated heterocycles. The molecular formula is C16H26N2O2. The van der Waals surface area contributed by atoms with Crippen molar-refractivity contribution in [3.8, 4) is 5.75 Å². The summed E-state index contributed by atoms with van der Waals surface area (Å²) in [7, 11) is 3.52. The Morgan fingerprint density at radius 1 is 1.35 bits per heavy atom. The summed E-state index contributed by atoms with van der Waals surface area (Å²) in [4.78, 5) is 2.44. The summed E-state index contributed by atoms with van der Waals surface area (Å²) >= 11 is 0. The van der Waals surface area contributed by atoms with Crippen molar-refractivity contribution in [2.45, 2.75) is 38.5 Å². The van der Waals surface area contributed by atoms with Crippen molar-refractivity contribution in [1.29, 1.82) is 0 Å². The van der Waals surface area contributed by atoms with Gasteiger partial charge in [-0.25, -0.2) is 0 Å². The van der Waals surface area contributed by atoms with E-state index in [2.05, 4.69) is 17.9 Å². The molecule has 1 unspecified atom stereocenters. The molecule has 0 amide bonds. The predicted molar refractivity (Wildman–Crippen MR) is 80.8 cm³/mol. The second-order valence-corrected chi connectivity index (χ2v) is 5.82. The Morgan fingerprint density at radius 2 is 2.15 bits per heavy atom. The molecule has 1 aromatic carbocycles. The predicted octanol–water partition coefficient (Wildman–Crippen LogP) is 2.15. The van der Waals surface area contributed by atoms with E-state index in [1.165, 1.54) is 12.0 Å². The molecule has 20 heavy (non-hydrogen) atoms. The Labute approximate surface area is 121 Å². The molecular weight excluding hydrogens is 252 g/mol. The van der Waals surface area contributed by atoms with Crippen LogP contribution in [0.5, 0.6) is 5.75 Å². The van der Waals surface area contributed by atoms with Crippen LogP contribution in [-0.2, 0) is 17.8 Å². The van der Waals surface area contributed by atoms with Gasteiger partial charge in [0.25, 0.3) is 0 Å². The van der Waals surface area contributed by atoms with E-state index in [1.54, 1.807) is 14.2 Å². The molecule has 0 saturated carbocycles. The topological polar surface area (TPSA) is 47.7 Å². The molecule has 1 heterocycles. The highest BCUT2D eigenvalue weighted by Gasteiger charge is 2.30. The first kappa shape index (κ1) is 15.3. The van der Waals surface area contributed by atoms with Gasteiger partial charge in [0.05, 0.1) is 12.7 Å². The third-order valence-electron chi connectivity index (χ3n) is 4.21. The molecule has 2 N–H and O–H groups in total. The van der Waals surface area contributed by atoms with Crippen molar-refractivity contribution in [3.63, 3.8) is 0 Å². The fourth-order valence-corrected chi connectivity index (χ4v) is 2.93. The molecule has 0 aromatic heterocycles. The van der Waals surface area contributed by atoms with Crippen LogP contribution in [0, 0.1) is 0 Å². The first-order chi connectivity index (χ1) is 9.60. The van der Waals surface area contributed by atoms with Gasteiger partial charge in [0.15, 0.2) is 0 Å². The van der Waals surface area contributed by atoms with Crippen LogP contribution in [0.15, 0.2) is 18.2 Å². The van der Waals surface area contributed by atoms with Gasteiger partial charge in [-0.15, -0.1) is 0 Å². The van der Waals surface area contributed by atoms with Crippen LogP contribution in [0.25, 0.3) is 0 Å². The summed E-state index contributed by atoms with van der Waals surface area (Å²) in [5.41, 5.74) is 8.05. The lowest BCUT2D eigenvalue weighted by Crippen LogP contribution is -2.46. The smallest absolute Gasteiger partial charge is 0.123 e. The normalized spacial score (nSPS) is 23.8. The molecule has 1 fully saturated rings. The lowest BCUT2D eigenvalue weighted by Gasteiger charge is -2.39. The van der Waals surface area contributed by atoms with Crippen molar-refractivity contribution in [2.24, 2.45) is 5.73 Å². The summed E-state index contributed by atoms with van der Waals surface area (Å²) in [6.45, 7) is 5.70. The highest BCUT2D eigenvalue weighted by Crippen LogP contribution is 2.27. The SMILES string of the molecule is COc1ccc(CN)cc1CN1CCCC(C)(OC)C1. The van der Waals surface area contributed by atoms with Gasteiger partial charge in [0, 0.05) is 32.3 Å². The van der Waals surface area contributed by atoms with Crippen LogP contribution in [0.2, 0.25) is 0 Å². The van der Waals surface area contributed by atoms with Gasteiger partial charge < -0.3 is 15.2 Å². The maximum absolute atomic E-state index is 5.73. The number of nitrogens with zero attached hydrogens (tertiary/aromatic N) is 1. The minimum atomic E-state index is -0.0308. The summed E-state index contributed by atoms with van der Waals surface area (Å²) < 4.78 is 11.1. The van der Waals surface area contributed by atoms with Crippen LogP contribution < -0.4 is 10.5 Å². The standard InChI is InChI=1S/C16H26N2O2/c1-16(20-3)7-4-8-18(12-16)11-14-9-13(10-17)5-6-15(14)19-2/h5-6,9H,4,7-8,10-12,17H2,1-3H3. The Kier molecular flexibility index (Phi) is 5.02. The van der Waals surface area contributed by atoms with Crippen molar-refractivity contribution >= 4 is 0 Å². The van der Waals surface area contributed by atoms with Gasteiger partial charge in [-0.1, -0.05) is 6.07 Å². The van der Waals surface area contributed by atoms with Crippen LogP contribution in [0.3, 0.4) is 0 Å². The number of nitrogens with two attached hydrogens (primary N) is 1. The molecule has 0 aliphatic carbocycles. The van der Waals surface area contributed by atoms with Crippen LogP contribution in [-0.4, -0.2) is 37.8 Å². The van der Waals surface area contributed by atoms with Gasteiger partial charge >= 0.3 is 0 Å². The largest absolute Gasteiger partial charge is 0.496 e. The first-order valence-electron chi connectivity index (χ1n) is 7.23. The molecule has 0 bridgehead atoms. The number of rotatable bonds is 5. The van der Waals surface area contributed by atoms with Gasteiger partial charge in [-0.2, -0.15) is 0 Å². The van der Waals surface area contributed by atoms with E-state index in [-0.39, 0.29) is 5.60 Å². The second kappa shape index (κ2) is 6.57. The molecule has 1 atom stereocenters. The fourth-order valence-electron chi connectivity index (χ4n) is 2.93. The fraction of sp³-hybridized carbons (Fsp3) is 0.625. The Morgan fingerprint density at radius 3 is 2.80 bits per heavy atom. The van der Waals surface area contributed by atoms with E-state index < -0.39 is 0 Å². The molecule has 1 aliphatic rings. The molecule has 4 nitrogen and oxygen atoms in total. The van der Waals surface area contributed by atoms with E-state index >= 15 is 0 Å².